The maximum atomic E-state index is 5.56. The quantitative estimate of drug-likeness (QED) is 0.357. The van der Waals surface area contributed by atoms with E-state index in [0.717, 1.165) is 28.2 Å². The maximum absolute atomic E-state index is 5.56. The molecule has 0 radical (unpaired) electrons. The van der Waals surface area contributed by atoms with Crippen molar-refractivity contribution in [2.24, 2.45) is 0 Å². The van der Waals surface area contributed by atoms with Crippen molar-refractivity contribution in [2.45, 2.75) is 17.5 Å². The summed E-state index contributed by atoms with van der Waals surface area (Å²) in [6, 6.07) is 24.6. The average molecular weight is 398 g/mol. The van der Waals surface area contributed by atoms with E-state index in [0.29, 0.717) is 6.54 Å². The van der Waals surface area contributed by atoms with Crippen LogP contribution in [0.3, 0.4) is 0 Å². The Balaban J connectivity index is 1.44. The van der Waals surface area contributed by atoms with Crippen LogP contribution >= 0.6 is 11.8 Å². The molecule has 6 heteroatoms. The molecule has 0 spiro atoms. The lowest BCUT2D eigenvalue weighted by Gasteiger charge is -2.09. The molecule has 0 unspecified atom stereocenters. The molecular formula is C23H18N4OS. The van der Waals surface area contributed by atoms with Crippen molar-refractivity contribution in [1.82, 2.24) is 19.7 Å². The molecule has 0 amide bonds. The summed E-state index contributed by atoms with van der Waals surface area (Å²) in [5, 5.41) is 12.2. The normalized spacial score (nSPS) is 11.2. The Morgan fingerprint density at radius 1 is 0.862 bits per heavy atom. The van der Waals surface area contributed by atoms with Crippen molar-refractivity contribution >= 4 is 22.5 Å². The predicted molar refractivity (Wildman–Crippen MR) is 115 cm³/mol. The van der Waals surface area contributed by atoms with Crippen LogP contribution in [-0.4, -0.2) is 19.7 Å². The number of furan rings is 1. The molecule has 5 rings (SSSR count). The van der Waals surface area contributed by atoms with Crippen LogP contribution in [0.2, 0.25) is 0 Å². The molecule has 0 N–H and O–H groups in total. The monoisotopic (exact) mass is 398 g/mol. The summed E-state index contributed by atoms with van der Waals surface area (Å²) in [7, 11) is 0. The van der Waals surface area contributed by atoms with Gasteiger partial charge in [0.15, 0.2) is 11.0 Å². The summed E-state index contributed by atoms with van der Waals surface area (Å²) in [6.07, 6.45) is 3.45. The third kappa shape index (κ3) is 3.79. The molecule has 2 aromatic carbocycles. The third-order valence-electron chi connectivity index (χ3n) is 4.69. The highest BCUT2D eigenvalue weighted by Gasteiger charge is 2.16. The van der Waals surface area contributed by atoms with Gasteiger partial charge in [0.2, 0.25) is 0 Å². The summed E-state index contributed by atoms with van der Waals surface area (Å²) >= 11 is 1.67. The standard InChI is InChI=1S/C23H18N4OS/c1-2-7-19-14-17(10-11-18(19)6-1)16-29-23-26-25-22(21-9-3-4-12-24-21)27(23)15-20-8-5-13-28-20/h1-14H,15-16H2. The molecule has 142 valence electrons. The average Bonchev–Trinajstić information content (AvgIpc) is 3.43. The lowest BCUT2D eigenvalue weighted by Crippen LogP contribution is -2.04. The van der Waals surface area contributed by atoms with E-state index >= 15 is 0 Å². The summed E-state index contributed by atoms with van der Waals surface area (Å²) < 4.78 is 7.62. The molecule has 0 saturated carbocycles. The first-order valence-electron chi connectivity index (χ1n) is 9.34. The van der Waals surface area contributed by atoms with Crippen LogP contribution in [0.1, 0.15) is 11.3 Å². The van der Waals surface area contributed by atoms with Gasteiger partial charge in [0.25, 0.3) is 0 Å². The smallest absolute Gasteiger partial charge is 0.192 e. The number of rotatable bonds is 6. The predicted octanol–water partition coefficient (Wildman–Crippen LogP) is 5.43. The molecule has 0 aliphatic carbocycles. The van der Waals surface area contributed by atoms with Gasteiger partial charge in [-0.3, -0.25) is 9.55 Å². The zero-order valence-corrected chi connectivity index (χ0v) is 16.4. The summed E-state index contributed by atoms with van der Waals surface area (Å²) in [6.45, 7) is 0.561. The molecule has 0 bridgehead atoms. The zero-order chi connectivity index (χ0) is 19.5. The molecule has 0 atom stereocenters. The molecule has 0 fully saturated rings. The summed E-state index contributed by atoms with van der Waals surface area (Å²) in [5.74, 6) is 2.40. The minimum atomic E-state index is 0.561. The van der Waals surface area contributed by atoms with E-state index in [1.165, 1.54) is 16.3 Å². The van der Waals surface area contributed by atoms with Gasteiger partial charge in [-0.1, -0.05) is 60.3 Å². The van der Waals surface area contributed by atoms with E-state index in [1.54, 1.807) is 24.2 Å². The van der Waals surface area contributed by atoms with Gasteiger partial charge in [-0.05, 0) is 40.6 Å². The number of pyridine rings is 1. The molecule has 5 nitrogen and oxygen atoms in total. The van der Waals surface area contributed by atoms with E-state index in [1.807, 2.05) is 30.3 Å². The number of hydrogen-bond donors (Lipinski definition) is 0. The first kappa shape index (κ1) is 17.7. The fourth-order valence-electron chi connectivity index (χ4n) is 3.26. The van der Waals surface area contributed by atoms with Crippen LogP contribution < -0.4 is 0 Å². The number of aromatic nitrogens is 4. The zero-order valence-electron chi connectivity index (χ0n) is 15.6. The first-order valence-corrected chi connectivity index (χ1v) is 10.3. The van der Waals surface area contributed by atoms with Crippen LogP contribution in [0.5, 0.6) is 0 Å². The van der Waals surface area contributed by atoms with Gasteiger partial charge in [-0.25, -0.2) is 0 Å². The van der Waals surface area contributed by atoms with Crippen molar-refractivity contribution in [3.63, 3.8) is 0 Å². The van der Waals surface area contributed by atoms with Crippen LogP contribution in [-0.2, 0) is 12.3 Å². The highest BCUT2D eigenvalue weighted by Crippen LogP contribution is 2.27. The van der Waals surface area contributed by atoms with Gasteiger partial charge in [0, 0.05) is 11.9 Å². The van der Waals surface area contributed by atoms with Crippen molar-refractivity contribution in [3.05, 3.63) is 96.6 Å². The van der Waals surface area contributed by atoms with Gasteiger partial charge in [-0.15, -0.1) is 10.2 Å². The second-order valence-corrected chi connectivity index (χ2v) is 7.60. The van der Waals surface area contributed by atoms with Crippen LogP contribution in [0.15, 0.2) is 94.8 Å². The second-order valence-electron chi connectivity index (χ2n) is 6.66. The van der Waals surface area contributed by atoms with Crippen molar-refractivity contribution in [1.29, 1.82) is 0 Å². The van der Waals surface area contributed by atoms with Crippen LogP contribution in [0.4, 0.5) is 0 Å². The highest BCUT2D eigenvalue weighted by molar-refractivity contribution is 7.98. The fourth-order valence-corrected chi connectivity index (χ4v) is 4.14. The van der Waals surface area contributed by atoms with Gasteiger partial charge in [0.1, 0.15) is 11.5 Å². The molecular weight excluding hydrogens is 380 g/mol. The van der Waals surface area contributed by atoms with Gasteiger partial charge >= 0.3 is 0 Å². The number of hydrogen-bond acceptors (Lipinski definition) is 5. The van der Waals surface area contributed by atoms with E-state index < -0.39 is 0 Å². The van der Waals surface area contributed by atoms with E-state index in [2.05, 4.69) is 62.2 Å². The Morgan fingerprint density at radius 3 is 2.59 bits per heavy atom. The van der Waals surface area contributed by atoms with Gasteiger partial charge in [0.05, 0.1) is 12.8 Å². The first-order chi connectivity index (χ1) is 14.4. The number of thioether (sulfide) groups is 1. The SMILES string of the molecule is c1ccc(-c2nnc(SCc3ccc4ccccc4c3)n2Cc2ccco2)nc1. The summed E-state index contributed by atoms with van der Waals surface area (Å²) in [4.78, 5) is 4.44. The Kier molecular flexibility index (Phi) is 4.84. The number of benzene rings is 2. The summed E-state index contributed by atoms with van der Waals surface area (Å²) in [5.41, 5.74) is 2.05. The van der Waals surface area contributed by atoms with Gasteiger partial charge < -0.3 is 4.42 Å². The van der Waals surface area contributed by atoms with Gasteiger partial charge in [-0.2, -0.15) is 0 Å². The van der Waals surface area contributed by atoms with Crippen LogP contribution in [0.25, 0.3) is 22.3 Å². The molecule has 5 aromatic rings. The minimum absolute atomic E-state index is 0.561. The molecule has 3 heterocycles. The fraction of sp³-hybridized carbons (Fsp3) is 0.0870. The Morgan fingerprint density at radius 2 is 1.76 bits per heavy atom. The Hall–Kier alpha value is -3.38. The molecule has 0 aliphatic heterocycles. The maximum Gasteiger partial charge on any atom is 0.192 e. The van der Waals surface area contributed by atoms with E-state index in [4.69, 9.17) is 4.42 Å². The Bertz CT molecular complexity index is 1230. The number of nitrogens with zero attached hydrogens (tertiary/aromatic N) is 4. The Labute approximate surface area is 172 Å². The third-order valence-corrected chi connectivity index (χ3v) is 5.72. The second kappa shape index (κ2) is 7.93. The van der Waals surface area contributed by atoms with Crippen molar-refractivity contribution < 1.29 is 4.42 Å². The van der Waals surface area contributed by atoms with Crippen LogP contribution in [0, 0.1) is 0 Å². The minimum Gasteiger partial charge on any atom is -0.467 e. The van der Waals surface area contributed by atoms with Crippen molar-refractivity contribution in [2.75, 3.05) is 0 Å². The molecule has 3 aromatic heterocycles. The molecule has 29 heavy (non-hydrogen) atoms. The lowest BCUT2D eigenvalue weighted by molar-refractivity contribution is 0.485. The number of fused-ring (bicyclic) bond motifs is 1. The molecule has 0 aliphatic rings. The van der Waals surface area contributed by atoms with E-state index in [-0.39, 0.29) is 0 Å². The largest absolute Gasteiger partial charge is 0.467 e. The lowest BCUT2D eigenvalue weighted by atomic mass is 10.1. The van der Waals surface area contributed by atoms with Crippen molar-refractivity contribution in [3.8, 4) is 11.5 Å². The highest BCUT2D eigenvalue weighted by atomic mass is 32.2. The molecule has 0 saturated heterocycles. The van der Waals surface area contributed by atoms with E-state index in [9.17, 15) is 0 Å². The topological polar surface area (TPSA) is 56.7 Å².